The maximum absolute atomic E-state index is 12.8. The molecule has 1 unspecified atom stereocenters. The summed E-state index contributed by atoms with van der Waals surface area (Å²) < 4.78 is 16.8. The fraction of sp³-hybridized carbons (Fsp3) is 0.732. The molecule has 0 heterocycles. The van der Waals surface area contributed by atoms with E-state index in [9.17, 15) is 14.4 Å². The minimum Gasteiger partial charge on any atom is -0.462 e. The average Bonchev–Trinajstić information content (AvgIpc) is 3.27. The normalized spacial score (nSPS) is 12.6. The largest absolute Gasteiger partial charge is 0.462 e. The Balaban J connectivity index is 4.45. The Morgan fingerprint density at radius 2 is 0.677 bits per heavy atom. The molecule has 62 heavy (non-hydrogen) atoms. The highest BCUT2D eigenvalue weighted by molar-refractivity contribution is 5.71. The van der Waals surface area contributed by atoms with Crippen molar-refractivity contribution >= 4 is 17.9 Å². The van der Waals surface area contributed by atoms with Crippen molar-refractivity contribution in [2.24, 2.45) is 0 Å². The van der Waals surface area contributed by atoms with Crippen molar-refractivity contribution in [1.82, 2.24) is 0 Å². The topological polar surface area (TPSA) is 78.9 Å². The van der Waals surface area contributed by atoms with Crippen LogP contribution < -0.4 is 0 Å². The van der Waals surface area contributed by atoms with Crippen LogP contribution >= 0.6 is 0 Å². The number of carbonyl (C=O) groups is 3. The van der Waals surface area contributed by atoms with E-state index in [1.54, 1.807) is 0 Å². The lowest BCUT2D eigenvalue weighted by Gasteiger charge is -2.18. The molecule has 0 aliphatic heterocycles. The molecular formula is C56H96O6. The molecule has 0 spiro atoms. The molecule has 0 aromatic carbocycles. The van der Waals surface area contributed by atoms with Crippen LogP contribution in [-0.2, 0) is 28.6 Å². The second kappa shape index (κ2) is 50.5. The Morgan fingerprint density at radius 3 is 1.15 bits per heavy atom. The first-order valence-electron chi connectivity index (χ1n) is 26.0. The molecule has 0 bridgehead atoms. The first-order chi connectivity index (χ1) is 30.5. The Morgan fingerprint density at radius 1 is 0.355 bits per heavy atom. The molecule has 0 fully saturated rings. The summed E-state index contributed by atoms with van der Waals surface area (Å²) in [6, 6.07) is 0. The molecule has 0 rings (SSSR count). The van der Waals surface area contributed by atoms with Crippen molar-refractivity contribution in [3.8, 4) is 0 Å². The summed E-state index contributed by atoms with van der Waals surface area (Å²) in [5.74, 6) is -0.942. The number of hydrogen-bond acceptors (Lipinski definition) is 6. The van der Waals surface area contributed by atoms with E-state index < -0.39 is 6.10 Å². The van der Waals surface area contributed by atoms with Gasteiger partial charge in [0.05, 0.1) is 0 Å². The first kappa shape index (κ1) is 58.9. The van der Waals surface area contributed by atoms with Crippen LogP contribution in [-0.4, -0.2) is 37.2 Å². The molecule has 6 nitrogen and oxygen atoms in total. The number of ether oxygens (including phenoxy) is 3. The highest BCUT2D eigenvalue weighted by Crippen LogP contribution is 2.13. The van der Waals surface area contributed by atoms with Gasteiger partial charge in [-0.3, -0.25) is 14.4 Å². The third kappa shape index (κ3) is 47.9. The van der Waals surface area contributed by atoms with Crippen molar-refractivity contribution < 1.29 is 28.6 Å². The third-order valence-corrected chi connectivity index (χ3v) is 10.9. The van der Waals surface area contributed by atoms with E-state index in [4.69, 9.17) is 14.2 Å². The lowest BCUT2D eigenvalue weighted by atomic mass is 10.1. The fourth-order valence-corrected chi connectivity index (χ4v) is 7.03. The molecule has 0 saturated heterocycles. The van der Waals surface area contributed by atoms with E-state index >= 15 is 0 Å². The van der Waals surface area contributed by atoms with Gasteiger partial charge in [0.15, 0.2) is 6.10 Å². The highest BCUT2D eigenvalue weighted by atomic mass is 16.6. The van der Waals surface area contributed by atoms with Crippen LogP contribution in [0.3, 0.4) is 0 Å². The molecule has 6 heteroatoms. The summed E-state index contributed by atoms with van der Waals surface area (Å²) in [5, 5.41) is 0. The van der Waals surface area contributed by atoms with Gasteiger partial charge in [-0.25, -0.2) is 0 Å². The summed E-state index contributed by atoms with van der Waals surface area (Å²) >= 11 is 0. The molecule has 356 valence electrons. The number of rotatable bonds is 46. The molecule has 0 aliphatic carbocycles. The first-order valence-corrected chi connectivity index (χ1v) is 26.0. The van der Waals surface area contributed by atoms with Crippen LogP contribution in [0.25, 0.3) is 0 Å². The lowest BCUT2D eigenvalue weighted by Crippen LogP contribution is -2.30. The summed E-state index contributed by atoms with van der Waals surface area (Å²) in [6.45, 7) is 6.46. The van der Waals surface area contributed by atoms with Gasteiger partial charge in [0.25, 0.3) is 0 Å². The van der Waals surface area contributed by atoms with Crippen molar-refractivity contribution in [2.45, 2.75) is 252 Å². The standard InChI is InChI=1S/C56H96O6/c1-4-7-10-13-16-19-22-25-27-29-31-34-37-40-43-46-49-55(58)61-52-53(51-60-54(57)48-45-42-39-36-33-24-21-18-15-12-9-6-3)62-56(59)50-47-44-41-38-35-32-30-28-26-23-20-17-14-11-8-5-2/h7,10,16,18-19,21,25,27-28,30,32,35,53H,4-6,8-9,11-15,17,20,22-24,26,29,31,33-34,36-52H2,1-3H3/b10-7-,19-16-,21-18-,27-25-,30-28-,35-32-. The molecule has 1 atom stereocenters. The summed E-state index contributed by atoms with van der Waals surface area (Å²) in [4.78, 5) is 38.0. The molecular weight excluding hydrogens is 769 g/mol. The van der Waals surface area contributed by atoms with Crippen LogP contribution in [0.2, 0.25) is 0 Å². The van der Waals surface area contributed by atoms with Gasteiger partial charge < -0.3 is 14.2 Å². The quantitative estimate of drug-likeness (QED) is 0.0199. The van der Waals surface area contributed by atoms with Gasteiger partial charge in [-0.15, -0.1) is 0 Å². The zero-order valence-electron chi connectivity index (χ0n) is 40.6. The zero-order valence-corrected chi connectivity index (χ0v) is 40.6. The Bertz CT molecular complexity index is 1180. The van der Waals surface area contributed by atoms with Gasteiger partial charge >= 0.3 is 17.9 Å². The van der Waals surface area contributed by atoms with Crippen LogP contribution in [0, 0.1) is 0 Å². The predicted molar refractivity (Wildman–Crippen MR) is 265 cm³/mol. The summed E-state index contributed by atoms with van der Waals surface area (Å²) in [7, 11) is 0. The van der Waals surface area contributed by atoms with Crippen LogP contribution in [0.5, 0.6) is 0 Å². The molecule has 0 aromatic heterocycles. The molecule has 0 aliphatic rings. The Kier molecular flexibility index (Phi) is 47.9. The van der Waals surface area contributed by atoms with Gasteiger partial charge in [0.1, 0.15) is 13.2 Å². The van der Waals surface area contributed by atoms with Crippen LogP contribution in [0.15, 0.2) is 72.9 Å². The molecule has 0 saturated carbocycles. The number of carbonyl (C=O) groups excluding carboxylic acids is 3. The lowest BCUT2D eigenvalue weighted by molar-refractivity contribution is -0.167. The second-order valence-electron chi connectivity index (χ2n) is 17.1. The fourth-order valence-electron chi connectivity index (χ4n) is 7.03. The smallest absolute Gasteiger partial charge is 0.306 e. The van der Waals surface area contributed by atoms with Gasteiger partial charge in [-0.05, 0) is 103 Å². The van der Waals surface area contributed by atoms with Crippen molar-refractivity contribution in [3.63, 3.8) is 0 Å². The minimum atomic E-state index is -0.797. The maximum Gasteiger partial charge on any atom is 0.306 e. The molecule has 0 aromatic rings. The van der Waals surface area contributed by atoms with Gasteiger partial charge in [-0.1, -0.05) is 196 Å². The third-order valence-electron chi connectivity index (χ3n) is 10.9. The van der Waals surface area contributed by atoms with E-state index in [-0.39, 0.29) is 31.1 Å². The predicted octanol–water partition coefficient (Wildman–Crippen LogP) is 17.0. The van der Waals surface area contributed by atoms with Crippen molar-refractivity contribution in [1.29, 1.82) is 0 Å². The highest BCUT2D eigenvalue weighted by Gasteiger charge is 2.19. The number of unbranched alkanes of at least 4 members (excludes halogenated alkanes) is 24. The van der Waals surface area contributed by atoms with E-state index in [0.29, 0.717) is 19.3 Å². The SMILES string of the molecule is CC/C=C\C/C=C\C/C=C\CCCCCCCCC(=O)OCC(COC(=O)CCCCCCC/C=C\CCCCC)OC(=O)CCCCC/C=C\C=C/CCCCCCCCC. The zero-order chi connectivity index (χ0) is 45.1. The second-order valence-corrected chi connectivity index (χ2v) is 17.1. The Hall–Kier alpha value is -3.15. The van der Waals surface area contributed by atoms with Gasteiger partial charge in [0, 0.05) is 19.3 Å². The molecule has 0 N–H and O–H groups in total. The van der Waals surface area contributed by atoms with Crippen LogP contribution in [0.1, 0.15) is 245 Å². The minimum absolute atomic E-state index is 0.0950. The summed E-state index contributed by atoms with van der Waals surface area (Å²) in [6.07, 6.45) is 63.1. The average molecular weight is 865 g/mol. The number of esters is 3. The van der Waals surface area contributed by atoms with E-state index in [1.165, 1.54) is 103 Å². The summed E-state index contributed by atoms with van der Waals surface area (Å²) in [5.41, 5.74) is 0. The molecule has 0 radical (unpaired) electrons. The van der Waals surface area contributed by atoms with Gasteiger partial charge in [-0.2, -0.15) is 0 Å². The Labute approximate surface area is 382 Å². The van der Waals surface area contributed by atoms with E-state index in [1.807, 2.05) is 0 Å². The number of allylic oxidation sites excluding steroid dienone is 12. The van der Waals surface area contributed by atoms with Crippen molar-refractivity contribution in [2.75, 3.05) is 13.2 Å². The van der Waals surface area contributed by atoms with Gasteiger partial charge in [0.2, 0.25) is 0 Å². The maximum atomic E-state index is 12.8. The van der Waals surface area contributed by atoms with Crippen molar-refractivity contribution in [3.05, 3.63) is 72.9 Å². The monoisotopic (exact) mass is 865 g/mol. The van der Waals surface area contributed by atoms with Crippen LogP contribution in [0.4, 0.5) is 0 Å². The van der Waals surface area contributed by atoms with E-state index in [0.717, 1.165) is 103 Å². The molecule has 0 amide bonds. The van der Waals surface area contributed by atoms with E-state index in [2.05, 4.69) is 93.7 Å². The number of hydrogen-bond donors (Lipinski definition) is 0.